The first-order chi connectivity index (χ1) is 16.6. The molecule has 0 fully saturated rings. The Hall–Kier alpha value is -2.95. The second kappa shape index (κ2) is 19.5. The molecule has 1 rings (SSSR count). The maximum Gasteiger partial charge on any atom is 0.379 e. The third kappa shape index (κ3) is 13.6. The van der Waals surface area contributed by atoms with Gasteiger partial charge in [-0.1, -0.05) is 107 Å². The number of allylic oxidation sites excluding steroid dienone is 5. The highest BCUT2D eigenvalue weighted by Crippen LogP contribution is 2.11. The van der Waals surface area contributed by atoms with Gasteiger partial charge in [0, 0.05) is 0 Å². The van der Waals surface area contributed by atoms with Gasteiger partial charge in [-0.05, 0) is 38.0 Å². The summed E-state index contributed by atoms with van der Waals surface area (Å²) >= 11 is 0. The molecule has 0 amide bonds. The van der Waals surface area contributed by atoms with Crippen molar-refractivity contribution in [1.29, 1.82) is 0 Å². The molecule has 0 aliphatic rings. The molecule has 1 aromatic rings. The van der Waals surface area contributed by atoms with E-state index in [4.69, 9.17) is 9.47 Å². The highest BCUT2D eigenvalue weighted by Gasteiger charge is 2.28. The average Bonchev–Trinajstić information content (AvgIpc) is 2.85. The predicted octanol–water partition coefficient (Wildman–Crippen LogP) is 6.93. The molecule has 1 atom stereocenters. The standard InChI is InChI=1S/C29H40O5/c1-3-5-6-7-8-9-10-11-12-13-14-15-16-17-21-24-26(27(30)29(32)33-4-2)34-28(31)25-22-19-18-20-23-25/h14-24,26H,3-13H2,1-2H3. The Morgan fingerprint density at radius 1 is 0.794 bits per heavy atom. The molecule has 0 radical (unpaired) electrons. The number of carbonyl (C=O) groups is 3. The topological polar surface area (TPSA) is 69.7 Å². The van der Waals surface area contributed by atoms with E-state index < -0.39 is 23.8 Å². The number of esters is 2. The zero-order valence-electron chi connectivity index (χ0n) is 20.7. The van der Waals surface area contributed by atoms with Crippen LogP contribution in [0.3, 0.4) is 0 Å². The number of hydrogen-bond donors (Lipinski definition) is 0. The van der Waals surface area contributed by atoms with Crippen molar-refractivity contribution in [3.05, 3.63) is 72.4 Å². The molecule has 186 valence electrons. The Balaban J connectivity index is 2.43. The van der Waals surface area contributed by atoms with E-state index >= 15 is 0 Å². The highest BCUT2D eigenvalue weighted by molar-refractivity contribution is 6.36. The number of benzene rings is 1. The van der Waals surface area contributed by atoms with Gasteiger partial charge in [-0.3, -0.25) is 4.79 Å². The number of hydrogen-bond acceptors (Lipinski definition) is 5. The van der Waals surface area contributed by atoms with Gasteiger partial charge in [-0.25, -0.2) is 9.59 Å². The van der Waals surface area contributed by atoms with Crippen molar-refractivity contribution < 1.29 is 23.9 Å². The monoisotopic (exact) mass is 468 g/mol. The van der Waals surface area contributed by atoms with Crippen LogP contribution in [-0.2, 0) is 19.1 Å². The third-order valence-corrected chi connectivity index (χ3v) is 5.21. The predicted molar refractivity (Wildman–Crippen MR) is 137 cm³/mol. The molecule has 0 heterocycles. The maximum atomic E-state index is 12.3. The zero-order chi connectivity index (χ0) is 24.9. The molecule has 1 unspecified atom stereocenters. The van der Waals surface area contributed by atoms with Crippen LogP contribution in [0.1, 0.15) is 88.4 Å². The molecule has 0 N–H and O–H groups in total. The van der Waals surface area contributed by atoms with Crippen LogP contribution < -0.4 is 0 Å². The molecular weight excluding hydrogens is 428 g/mol. The minimum Gasteiger partial charge on any atom is -0.460 e. The van der Waals surface area contributed by atoms with Gasteiger partial charge in [0.25, 0.3) is 5.78 Å². The van der Waals surface area contributed by atoms with E-state index in [-0.39, 0.29) is 6.61 Å². The van der Waals surface area contributed by atoms with Gasteiger partial charge < -0.3 is 9.47 Å². The van der Waals surface area contributed by atoms with Crippen LogP contribution in [0.2, 0.25) is 0 Å². The Morgan fingerprint density at radius 2 is 1.41 bits per heavy atom. The number of carbonyl (C=O) groups excluding carboxylic acids is 3. The van der Waals surface area contributed by atoms with Crippen LogP contribution in [0.4, 0.5) is 0 Å². The number of unbranched alkanes of at least 4 members (excludes halogenated alkanes) is 9. The fraction of sp³-hybridized carbons (Fsp3) is 0.483. The average molecular weight is 469 g/mol. The van der Waals surface area contributed by atoms with E-state index in [0.717, 1.165) is 6.42 Å². The van der Waals surface area contributed by atoms with Crippen molar-refractivity contribution in [3.8, 4) is 0 Å². The molecular formula is C29H40O5. The lowest BCUT2D eigenvalue weighted by Gasteiger charge is -2.12. The smallest absolute Gasteiger partial charge is 0.379 e. The van der Waals surface area contributed by atoms with Crippen LogP contribution in [0, 0.1) is 0 Å². The summed E-state index contributed by atoms with van der Waals surface area (Å²) in [6.45, 7) is 3.92. The van der Waals surface area contributed by atoms with Crippen LogP contribution in [0.25, 0.3) is 0 Å². The summed E-state index contributed by atoms with van der Waals surface area (Å²) in [6, 6.07) is 8.31. The molecule has 0 bridgehead atoms. The number of rotatable bonds is 18. The minimum atomic E-state index is -1.35. The molecule has 0 aliphatic carbocycles. The summed E-state index contributed by atoms with van der Waals surface area (Å²) in [6.07, 6.45) is 22.1. The van der Waals surface area contributed by atoms with Crippen molar-refractivity contribution in [2.24, 2.45) is 0 Å². The van der Waals surface area contributed by atoms with E-state index in [1.807, 2.05) is 12.2 Å². The normalized spacial score (nSPS) is 12.4. The second-order valence-corrected chi connectivity index (χ2v) is 8.09. The summed E-state index contributed by atoms with van der Waals surface area (Å²) in [5.74, 6) is -2.63. The van der Waals surface area contributed by atoms with E-state index in [0.29, 0.717) is 5.56 Å². The zero-order valence-corrected chi connectivity index (χ0v) is 20.7. The summed E-state index contributed by atoms with van der Waals surface area (Å²) in [7, 11) is 0. The van der Waals surface area contributed by atoms with Gasteiger partial charge >= 0.3 is 11.9 Å². The quantitative estimate of drug-likeness (QED) is 0.101. The van der Waals surface area contributed by atoms with Crippen molar-refractivity contribution in [2.75, 3.05) is 6.61 Å². The van der Waals surface area contributed by atoms with E-state index in [1.165, 1.54) is 63.9 Å². The summed E-state index contributed by atoms with van der Waals surface area (Å²) in [5, 5.41) is 0. The Labute approximate surface area is 204 Å². The molecule has 5 nitrogen and oxygen atoms in total. The SMILES string of the molecule is CCCCCCCCCCCC=CC=CC=CC(OC(=O)c1ccccc1)C(=O)C(=O)OCC. The van der Waals surface area contributed by atoms with Gasteiger partial charge in [-0.15, -0.1) is 0 Å². The number of Topliss-reactive ketones (excluding diaryl/α,β-unsaturated/α-hetero) is 1. The Bertz CT molecular complexity index is 792. The molecule has 1 aromatic carbocycles. The van der Waals surface area contributed by atoms with Crippen molar-refractivity contribution in [3.63, 3.8) is 0 Å². The minimum absolute atomic E-state index is 0.0668. The molecule has 5 heteroatoms. The second-order valence-electron chi connectivity index (χ2n) is 8.09. The fourth-order valence-corrected chi connectivity index (χ4v) is 3.30. The summed E-state index contributed by atoms with van der Waals surface area (Å²) < 4.78 is 10.0. The van der Waals surface area contributed by atoms with Crippen LogP contribution in [-0.4, -0.2) is 30.4 Å². The van der Waals surface area contributed by atoms with Gasteiger partial charge in [0.2, 0.25) is 0 Å². The van der Waals surface area contributed by atoms with Gasteiger partial charge in [0.05, 0.1) is 12.2 Å². The lowest BCUT2D eigenvalue weighted by atomic mass is 10.1. The molecule has 34 heavy (non-hydrogen) atoms. The molecule has 0 saturated carbocycles. The first kappa shape index (κ1) is 29.1. The third-order valence-electron chi connectivity index (χ3n) is 5.21. The van der Waals surface area contributed by atoms with E-state index in [1.54, 1.807) is 49.4 Å². The van der Waals surface area contributed by atoms with Gasteiger partial charge in [-0.2, -0.15) is 0 Å². The lowest BCUT2D eigenvalue weighted by molar-refractivity contribution is -0.156. The van der Waals surface area contributed by atoms with Crippen LogP contribution >= 0.6 is 0 Å². The number of ketones is 1. The first-order valence-corrected chi connectivity index (χ1v) is 12.6. The van der Waals surface area contributed by atoms with Gasteiger partial charge in [0.15, 0.2) is 6.10 Å². The van der Waals surface area contributed by atoms with Gasteiger partial charge in [0.1, 0.15) is 0 Å². The summed E-state index contributed by atoms with van der Waals surface area (Å²) in [5.41, 5.74) is 0.299. The molecule has 0 aliphatic heterocycles. The van der Waals surface area contributed by atoms with E-state index in [9.17, 15) is 14.4 Å². The van der Waals surface area contributed by atoms with Crippen LogP contribution in [0.15, 0.2) is 66.8 Å². The summed E-state index contributed by atoms with van der Waals surface area (Å²) in [4.78, 5) is 36.5. The highest BCUT2D eigenvalue weighted by atomic mass is 16.6. The Morgan fingerprint density at radius 3 is 2.06 bits per heavy atom. The van der Waals surface area contributed by atoms with Crippen molar-refractivity contribution >= 4 is 17.7 Å². The maximum absolute atomic E-state index is 12.3. The first-order valence-electron chi connectivity index (χ1n) is 12.6. The van der Waals surface area contributed by atoms with Crippen molar-refractivity contribution in [1.82, 2.24) is 0 Å². The van der Waals surface area contributed by atoms with Crippen LogP contribution in [0.5, 0.6) is 0 Å². The van der Waals surface area contributed by atoms with Crippen molar-refractivity contribution in [2.45, 2.75) is 84.2 Å². The Kier molecular flexibility index (Phi) is 16.7. The molecule has 0 spiro atoms. The molecule has 0 saturated heterocycles. The largest absolute Gasteiger partial charge is 0.460 e. The van der Waals surface area contributed by atoms with E-state index in [2.05, 4.69) is 13.0 Å². The molecule has 0 aromatic heterocycles. The fourth-order valence-electron chi connectivity index (χ4n) is 3.30. The lowest BCUT2D eigenvalue weighted by Crippen LogP contribution is -2.32. The number of ether oxygens (including phenoxy) is 2.